The highest BCUT2D eigenvalue weighted by molar-refractivity contribution is 7.17. The van der Waals surface area contributed by atoms with Gasteiger partial charge in [0.2, 0.25) is 5.91 Å². The van der Waals surface area contributed by atoms with Crippen molar-refractivity contribution in [2.24, 2.45) is 0 Å². The summed E-state index contributed by atoms with van der Waals surface area (Å²) in [4.78, 5) is 39.0. The predicted octanol–water partition coefficient (Wildman–Crippen LogP) is 3.32. The van der Waals surface area contributed by atoms with E-state index in [9.17, 15) is 14.4 Å². The van der Waals surface area contributed by atoms with Crippen LogP contribution < -0.4 is 16.6 Å². The maximum absolute atomic E-state index is 12.3. The van der Waals surface area contributed by atoms with Gasteiger partial charge in [-0.15, -0.1) is 11.3 Å². The molecule has 28 heavy (non-hydrogen) atoms. The molecule has 3 rings (SSSR count). The molecule has 0 aliphatic rings. The van der Waals surface area contributed by atoms with Crippen molar-refractivity contribution >= 4 is 39.1 Å². The normalized spacial score (nSPS) is 11.0. The molecule has 2 heterocycles. The van der Waals surface area contributed by atoms with E-state index in [1.54, 1.807) is 11.4 Å². The topological polar surface area (TPSA) is 84.0 Å². The minimum Gasteiger partial charge on any atom is -0.356 e. The molecule has 3 aromatic rings. The fourth-order valence-electron chi connectivity index (χ4n) is 2.99. The third-order valence-electron chi connectivity index (χ3n) is 4.53. The Balaban J connectivity index is 1.35. The number of H-pyrrole nitrogens is 1. The number of amides is 1. The number of carbonyl (C=O) groups excluding carboxylic acids is 1. The summed E-state index contributed by atoms with van der Waals surface area (Å²) in [7, 11) is 0. The van der Waals surface area contributed by atoms with Crippen LogP contribution in [0, 0.1) is 0 Å². The highest BCUT2D eigenvalue weighted by atomic mass is 35.5. The Hall–Kier alpha value is -2.38. The van der Waals surface area contributed by atoms with E-state index in [1.807, 2.05) is 24.3 Å². The smallest absolute Gasteiger partial charge is 0.328 e. The van der Waals surface area contributed by atoms with Gasteiger partial charge < -0.3 is 10.3 Å². The summed E-state index contributed by atoms with van der Waals surface area (Å²) >= 11 is 7.18. The van der Waals surface area contributed by atoms with Gasteiger partial charge in [0, 0.05) is 24.5 Å². The Morgan fingerprint density at radius 3 is 2.68 bits per heavy atom. The second kappa shape index (κ2) is 9.71. The zero-order chi connectivity index (χ0) is 19.9. The number of fused-ring (bicyclic) bond motifs is 1. The number of nitrogens with one attached hydrogen (secondary N) is 2. The molecule has 1 aromatic carbocycles. The van der Waals surface area contributed by atoms with Crippen LogP contribution in [0.2, 0.25) is 5.02 Å². The average Bonchev–Trinajstić information content (AvgIpc) is 3.14. The monoisotopic (exact) mass is 419 g/mol. The lowest BCUT2D eigenvalue weighted by Gasteiger charge is -2.07. The Kier molecular flexibility index (Phi) is 7.06. The van der Waals surface area contributed by atoms with Crippen molar-refractivity contribution in [3.05, 3.63) is 67.1 Å². The van der Waals surface area contributed by atoms with Crippen molar-refractivity contribution in [2.75, 3.05) is 6.54 Å². The third-order valence-corrected chi connectivity index (χ3v) is 5.68. The van der Waals surface area contributed by atoms with Gasteiger partial charge in [-0.1, -0.05) is 30.2 Å². The summed E-state index contributed by atoms with van der Waals surface area (Å²) in [6.07, 6.45) is 3.38. The maximum atomic E-state index is 12.3. The summed E-state index contributed by atoms with van der Waals surface area (Å²) in [5.41, 5.74) is 1.10. The zero-order valence-corrected chi connectivity index (χ0v) is 16.9. The number of benzene rings is 1. The van der Waals surface area contributed by atoms with Gasteiger partial charge in [-0.05, 0) is 48.4 Å². The number of thiophene rings is 1. The summed E-state index contributed by atoms with van der Waals surface area (Å²) < 4.78 is 1.81. The van der Waals surface area contributed by atoms with Crippen molar-refractivity contribution in [3.8, 4) is 0 Å². The molecular formula is C20H22ClN3O3S. The van der Waals surface area contributed by atoms with E-state index in [0.29, 0.717) is 41.2 Å². The molecule has 8 heteroatoms. The first-order chi connectivity index (χ1) is 13.5. The summed E-state index contributed by atoms with van der Waals surface area (Å²) in [6.45, 7) is 0.951. The van der Waals surface area contributed by atoms with E-state index >= 15 is 0 Å². The van der Waals surface area contributed by atoms with Crippen LogP contribution >= 0.6 is 22.9 Å². The van der Waals surface area contributed by atoms with Gasteiger partial charge in [0.1, 0.15) is 4.70 Å². The minimum atomic E-state index is -0.379. The van der Waals surface area contributed by atoms with E-state index in [1.165, 1.54) is 15.9 Å². The lowest BCUT2D eigenvalue weighted by atomic mass is 10.1. The summed E-state index contributed by atoms with van der Waals surface area (Å²) in [5, 5.41) is 5.40. The Morgan fingerprint density at radius 1 is 1.11 bits per heavy atom. The van der Waals surface area contributed by atoms with Crippen LogP contribution in [-0.2, 0) is 17.8 Å². The zero-order valence-electron chi connectivity index (χ0n) is 15.4. The number of hydrogen-bond donors (Lipinski definition) is 2. The van der Waals surface area contributed by atoms with Gasteiger partial charge >= 0.3 is 5.69 Å². The van der Waals surface area contributed by atoms with Crippen LogP contribution in [0.3, 0.4) is 0 Å². The number of unbranched alkanes of at least 4 members (excludes halogenated alkanes) is 2. The van der Waals surface area contributed by atoms with Gasteiger partial charge in [-0.2, -0.15) is 0 Å². The van der Waals surface area contributed by atoms with Crippen molar-refractivity contribution in [3.63, 3.8) is 0 Å². The van der Waals surface area contributed by atoms with Crippen LogP contribution in [0.5, 0.6) is 0 Å². The van der Waals surface area contributed by atoms with Crippen molar-refractivity contribution in [2.45, 2.75) is 38.6 Å². The van der Waals surface area contributed by atoms with Crippen LogP contribution in [0.1, 0.15) is 31.2 Å². The van der Waals surface area contributed by atoms with E-state index < -0.39 is 0 Å². The molecule has 0 radical (unpaired) electrons. The SMILES string of the molecule is O=C(CCCCCn1c(=O)[nH]c2ccsc2c1=O)NCCc1ccc(Cl)cc1. The Bertz CT molecular complexity index is 1050. The molecule has 2 aromatic heterocycles. The number of nitrogens with zero attached hydrogens (tertiary/aromatic N) is 1. The van der Waals surface area contributed by atoms with E-state index in [4.69, 9.17) is 11.6 Å². The quantitative estimate of drug-likeness (QED) is 0.522. The molecule has 0 fully saturated rings. The number of aromatic amines is 1. The van der Waals surface area contributed by atoms with Gasteiger partial charge in [0.15, 0.2) is 0 Å². The van der Waals surface area contributed by atoms with Crippen molar-refractivity contribution < 1.29 is 4.79 Å². The fourth-order valence-corrected chi connectivity index (χ4v) is 3.92. The molecule has 0 unspecified atom stereocenters. The lowest BCUT2D eigenvalue weighted by molar-refractivity contribution is -0.121. The number of rotatable bonds is 9. The molecule has 0 spiro atoms. The van der Waals surface area contributed by atoms with Gasteiger partial charge in [0.25, 0.3) is 5.56 Å². The highest BCUT2D eigenvalue weighted by Crippen LogP contribution is 2.12. The van der Waals surface area contributed by atoms with Crippen LogP contribution in [0.15, 0.2) is 45.3 Å². The molecule has 0 saturated carbocycles. The first-order valence-corrected chi connectivity index (χ1v) is 10.5. The second-order valence-electron chi connectivity index (χ2n) is 6.59. The Morgan fingerprint density at radius 2 is 1.89 bits per heavy atom. The highest BCUT2D eigenvalue weighted by Gasteiger charge is 2.08. The molecule has 2 N–H and O–H groups in total. The average molecular weight is 420 g/mol. The second-order valence-corrected chi connectivity index (χ2v) is 7.94. The van der Waals surface area contributed by atoms with E-state index in [-0.39, 0.29) is 17.2 Å². The van der Waals surface area contributed by atoms with Crippen LogP contribution in [0.4, 0.5) is 0 Å². The standard InChI is InChI=1S/C20H22ClN3O3S/c21-15-7-5-14(6-8-15)9-11-22-17(25)4-2-1-3-12-24-19(26)18-16(10-13-28-18)23-20(24)27/h5-8,10,13H,1-4,9,11-12H2,(H,22,25)(H,23,27). The molecular weight excluding hydrogens is 398 g/mol. The molecule has 0 bridgehead atoms. The number of aromatic nitrogens is 2. The lowest BCUT2D eigenvalue weighted by Crippen LogP contribution is -2.34. The number of carbonyl (C=O) groups is 1. The summed E-state index contributed by atoms with van der Waals surface area (Å²) in [5.74, 6) is 0.0176. The molecule has 0 saturated heterocycles. The predicted molar refractivity (Wildman–Crippen MR) is 113 cm³/mol. The molecule has 148 valence electrons. The largest absolute Gasteiger partial charge is 0.356 e. The van der Waals surface area contributed by atoms with Crippen molar-refractivity contribution in [1.29, 1.82) is 0 Å². The molecule has 0 atom stereocenters. The van der Waals surface area contributed by atoms with E-state index in [2.05, 4.69) is 10.3 Å². The number of halogens is 1. The summed E-state index contributed by atoms with van der Waals surface area (Å²) in [6, 6.07) is 9.31. The van der Waals surface area contributed by atoms with Crippen LogP contribution in [-0.4, -0.2) is 22.0 Å². The minimum absolute atomic E-state index is 0.0176. The van der Waals surface area contributed by atoms with E-state index in [0.717, 1.165) is 24.8 Å². The first-order valence-electron chi connectivity index (χ1n) is 9.26. The molecule has 0 aliphatic heterocycles. The first kappa shape index (κ1) is 20.4. The van der Waals surface area contributed by atoms with Gasteiger partial charge in [-0.25, -0.2) is 4.79 Å². The molecule has 0 aliphatic carbocycles. The molecule has 1 amide bonds. The fraction of sp³-hybridized carbons (Fsp3) is 0.350. The number of hydrogen-bond acceptors (Lipinski definition) is 4. The maximum Gasteiger partial charge on any atom is 0.328 e. The third kappa shape index (κ3) is 5.33. The Labute approximate surface area is 171 Å². The van der Waals surface area contributed by atoms with Crippen LogP contribution in [0.25, 0.3) is 10.2 Å². The van der Waals surface area contributed by atoms with Crippen molar-refractivity contribution in [1.82, 2.24) is 14.9 Å². The molecule has 6 nitrogen and oxygen atoms in total. The van der Waals surface area contributed by atoms with Gasteiger partial charge in [0.05, 0.1) is 5.52 Å². The van der Waals surface area contributed by atoms with Gasteiger partial charge in [-0.3, -0.25) is 14.2 Å².